The van der Waals surface area contributed by atoms with Crippen LogP contribution in [0.4, 0.5) is 0 Å². The van der Waals surface area contributed by atoms with Crippen LogP contribution in [0, 0.1) is 40.4 Å². The summed E-state index contributed by atoms with van der Waals surface area (Å²) in [6.45, 7) is 11.4. The van der Waals surface area contributed by atoms with Gasteiger partial charge in [0.05, 0.1) is 0 Å². The number of hydrogen-bond acceptors (Lipinski definition) is 1. The monoisotopic (exact) mass is 262 g/mol. The number of carbonyl (C=O) groups excluding carboxylic acids is 1. The molecule has 0 bridgehead atoms. The molecule has 3 aliphatic carbocycles. The number of ketones is 1. The van der Waals surface area contributed by atoms with Crippen molar-refractivity contribution in [1.29, 1.82) is 0 Å². The van der Waals surface area contributed by atoms with Crippen molar-refractivity contribution in [2.45, 2.75) is 66.7 Å². The Hall–Kier alpha value is -0.330. The zero-order valence-electron chi connectivity index (χ0n) is 13.3. The smallest absolute Gasteiger partial charge is 0.135 e. The predicted octanol–water partition coefficient (Wildman–Crippen LogP) is 4.70. The number of rotatable bonds is 1. The second-order valence-corrected chi connectivity index (χ2v) is 8.71. The first-order valence-electron chi connectivity index (χ1n) is 8.28. The summed E-state index contributed by atoms with van der Waals surface area (Å²) in [5, 5.41) is 0. The lowest BCUT2D eigenvalue weighted by Gasteiger charge is -2.62. The molecule has 0 N–H and O–H groups in total. The van der Waals surface area contributed by atoms with Gasteiger partial charge in [0.15, 0.2) is 0 Å². The quantitative estimate of drug-likeness (QED) is 0.669. The average molecular weight is 262 g/mol. The van der Waals surface area contributed by atoms with E-state index in [0.29, 0.717) is 17.1 Å². The van der Waals surface area contributed by atoms with Crippen molar-refractivity contribution in [2.75, 3.05) is 0 Å². The van der Waals surface area contributed by atoms with Crippen LogP contribution in [-0.4, -0.2) is 5.78 Å². The molecule has 3 saturated carbocycles. The minimum Gasteiger partial charge on any atom is -0.299 e. The van der Waals surface area contributed by atoms with Crippen molar-refractivity contribution < 1.29 is 4.79 Å². The Bertz CT molecular complexity index is 396. The van der Waals surface area contributed by atoms with Gasteiger partial charge in [-0.15, -0.1) is 0 Å². The Balaban J connectivity index is 2.00. The lowest BCUT2D eigenvalue weighted by atomic mass is 9.42. The zero-order chi connectivity index (χ0) is 14.0. The van der Waals surface area contributed by atoms with Gasteiger partial charge in [0.25, 0.3) is 0 Å². The van der Waals surface area contributed by atoms with E-state index in [9.17, 15) is 4.79 Å². The van der Waals surface area contributed by atoms with E-state index in [-0.39, 0.29) is 5.41 Å². The zero-order valence-corrected chi connectivity index (χ0v) is 13.3. The fourth-order valence-corrected chi connectivity index (χ4v) is 6.12. The third kappa shape index (κ3) is 1.76. The molecular weight excluding hydrogens is 232 g/mol. The van der Waals surface area contributed by atoms with Crippen molar-refractivity contribution in [3.05, 3.63) is 0 Å². The molecule has 6 atom stereocenters. The molecule has 0 heterocycles. The molecule has 3 fully saturated rings. The molecule has 0 spiro atoms. The van der Waals surface area contributed by atoms with Crippen LogP contribution < -0.4 is 0 Å². The largest absolute Gasteiger partial charge is 0.299 e. The van der Waals surface area contributed by atoms with Gasteiger partial charge < -0.3 is 0 Å². The van der Waals surface area contributed by atoms with Crippen molar-refractivity contribution in [3.8, 4) is 0 Å². The van der Waals surface area contributed by atoms with E-state index in [1.807, 2.05) is 6.92 Å². The summed E-state index contributed by atoms with van der Waals surface area (Å²) in [5.74, 6) is 4.51. The molecule has 0 aliphatic heterocycles. The van der Waals surface area contributed by atoms with Crippen molar-refractivity contribution >= 4 is 5.78 Å². The summed E-state index contributed by atoms with van der Waals surface area (Å²) >= 11 is 0. The highest BCUT2D eigenvalue weighted by Gasteiger charge is 2.61. The molecule has 108 valence electrons. The van der Waals surface area contributed by atoms with Gasteiger partial charge in [0.1, 0.15) is 5.78 Å². The second-order valence-electron chi connectivity index (χ2n) is 8.71. The molecule has 0 aromatic rings. The van der Waals surface area contributed by atoms with Crippen molar-refractivity contribution in [1.82, 2.24) is 0 Å². The molecule has 0 aromatic carbocycles. The highest BCUT2D eigenvalue weighted by atomic mass is 16.1. The van der Waals surface area contributed by atoms with Gasteiger partial charge >= 0.3 is 0 Å². The Labute approximate surface area is 118 Å². The van der Waals surface area contributed by atoms with Gasteiger partial charge in [-0.05, 0) is 61.2 Å². The molecule has 0 amide bonds. The summed E-state index contributed by atoms with van der Waals surface area (Å²) in [4.78, 5) is 12.3. The Morgan fingerprint density at radius 2 is 1.84 bits per heavy atom. The van der Waals surface area contributed by atoms with Crippen LogP contribution in [0.15, 0.2) is 0 Å². The number of carbonyl (C=O) groups is 1. The minimum atomic E-state index is -0.0571. The molecule has 19 heavy (non-hydrogen) atoms. The average Bonchev–Trinajstić information content (AvgIpc) is 2.40. The molecule has 3 rings (SSSR count). The highest BCUT2D eigenvalue weighted by Crippen LogP contribution is 2.66. The van der Waals surface area contributed by atoms with E-state index in [4.69, 9.17) is 0 Å². The third-order valence-electron chi connectivity index (χ3n) is 7.44. The van der Waals surface area contributed by atoms with Gasteiger partial charge in [0, 0.05) is 5.41 Å². The fraction of sp³-hybridized carbons (Fsp3) is 0.944. The van der Waals surface area contributed by atoms with Gasteiger partial charge in [-0.25, -0.2) is 0 Å². The molecular formula is C18H30O. The first-order valence-corrected chi connectivity index (χ1v) is 8.28. The van der Waals surface area contributed by atoms with E-state index >= 15 is 0 Å². The molecule has 1 heteroatoms. The van der Waals surface area contributed by atoms with Crippen molar-refractivity contribution in [2.24, 2.45) is 40.4 Å². The van der Waals surface area contributed by atoms with Crippen molar-refractivity contribution in [3.63, 3.8) is 0 Å². The van der Waals surface area contributed by atoms with E-state index < -0.39 is 0 Å². The highest BCUT2D eigenvalue weighted by molar-refractivity contribution is 5.82. The molecule has 0 aromatic heterocycles. The summed E-state index contributed by atoms with van der Waals surface area (Å²) in [6.07, 6.45) is 6.78. The van der Waals surface area contributed by atoms with Crippen LogP contribution in [0.2, 0.25) is 0 Å². The second kappa shape index (κ2) is 4.09. The maximum atomic E-state index is 12.3. The Morgan fingerprint density at radius 1 is 1.16 bits per heavy atom. The molecule has 6 unspecified atom stereocenters. The van der Waals surface area contributed by atoms with E-state index in [1.54, 1.807) is 0 Å². The van der Waals surface area contributed by atoms with Crippen LogP contribution in [0.1, 0.15) is 66.7 Å². The number of hydrogen-bond donors (Lipinski definition) is 0. The van der Waals surface area contributed by atoms with Crippen LogP contribution >= 0.6 is 0 Å². The lowest BCUT2D eigenvalue weighted by molar-refractivity contribution is -0.160. The summed E-state index contributed by atoms with van der Waals surface area (Å²) in [5.41, 5.74) is 0.368. The predicted molar refractivity (Wildman–Crippen MR) is 78.8 cm³/mol. The van der Waals surface area contributed by atoms with Gasteiger partial charge in [-0.3, -0.25) is 4.79 Å². The topological polar surface area (TPSA) is 17.1 Å². The van der Waals surface area contributed by atoms with Crippen LogP contribution in [0.5, 0.6) is 0 Å². The summed E-state index contributed by atoms with van der Waals surface area (Å²) in [7, 11) is 0. The minimum absolute atomic E-state index is 0.0571. The molecule has 0 saturated heterocycles. The van der Waals surface area contributed by atoms with Crippen LogP contribution in [0.3, 0.4) is 0 Å². The SMILES string of the molecule is CC(=O)C1(C)CC2CC3CCCC(C)(C)C(C32)C1C. The van der Waals surface area contributed by atoms with Gasteiger partial charge in [-0.1, -0.05) is 40.5 Å². The van der Waals surface area contributed by atoms with E-state index in [2.05, 4.69) is 27.7 Å². The summed E-state index contributed by atoms with van der Waals surface area (Å²) in [6, 6.07) is 0. The fourth-order valence-electron chi connectivity index (χ4n) is 6.12. The van der Waals surface area contributed by atoms with E-state index in [0.717, 1.165) is 30.1 Å². The van der Waals surface area contributed by atoms with Crippen LogP contribution in [0.25, 0.3) is 0 Å². The third-order valence-corrected chi connectivity index (χ3v) is 7.44. The molecule has 3 aliphatic rings. The maximum absolute atomic E-state index is 12.3. The normalized spacial score (nSPS) is 51.7. The lowest BCUT2D eigenvalue weighted by Crippen LogP contribution is -2.58. The molecule has 1 nitrogen and oxygen atoms in total. The standard InChI is InChI=1S/C18H30O/c1-11-16-15-13(7-6-8-17(16,3)4)9-14(15)10-18(11,5)12(2)19/h11,13-16H,6-10H2,1-5H3. The Kier molecular flexibility index (Phi) is 2.93. The van der Waals surface area contributed by atoms with Gasteiger partial charge in [0.2, 0.25) is 0 Å². The molecule has 0 radical (unpaired) electrons. The van der Waals surface area contributed by atoms with E-state index in [1.165, 1.54) is 25.7 Å². The number of Topliss-reactive ketones (excluding diaryl/α,β-unsaturated/α-hetero) is 1. The van der Waals surface area contributed by atoms with Gasteiger partial charge in [-0.2, -0.15) is 0 Å². The first kappa shape index (κ1) is 13.6. The van der Waals surface area contributed by atoms with Crippen LogP contribution in [-0.2, 0) is 4.79 Å². The first-order chi connectivity index (χ1) is 8.77. The maximum Gasteiger partial charge on any atom is 0.135 e. The Morgan fingerprint density at radius 3 is 2.47 bits per heavy atom. The summed E-state index contributed by atoms with van der Waals surface area (Å²) < 4.78 is 0.